The molecule has 3 rings (SSSR count). The number of benzene rings is 2. The molecule has 1 heterocycles. The number of aromatic nitrogens is 3. The van der Waals surface area contributed by atoms with Crippen LogP contribution in [0.1, 0.15) is 6.92 Å². The SMILES string of the molecule is CCn1c(=O)[nH]c(=O)n(-c2cc(Cl)c(Sc3ccc([N+](=O)[O-])cc3)c(Cl)c2)c1=O. The van der Waals surface area contributed by atoms with Crippen LogP contribution in [0.25, 0.3) is 5.69 Å². The van der Waals surface area contributed by atoms with Crippen molar-refractivity contribution in [3.8, 4) is 5.69 Å². The number of nitro groups is 1. The fourth-order valence-electron chi connectivity index (χ4n) is 2.54. The monoisotopic (exact) mass is 454 g/mol. The van der Waals surface area contributed by atoms with Crippen LogP contribution in [0.2, 0.25) is 10.0 Å². The Labute approximate surface area is 176 Å². The number of nitrogens with zero attached hydrogens (tertiary/aromatic N) is 3. The van der Waals surface area contributed by atoms with Gasteiger partial charge in [0.1, 0.15) is 0 Å². The van der Waals surface area contributed by atoms with Crippen LogP contribution in [-0.4, -0.2) is 19.0 Å². The molecular weight excluding hydrogens is 443 g/mol. The van der Waals surface area contributed by atoms with Gasteiger partial charge in [0.2, 0.25) is 0 Å². The van der Waals surface area contributed by atoms with Gasteiger partial charge in [-0.2, -0.15) is 0 Å². The van der Waals surface area contributed by atoms with Crippen molar-refractivity contribution in [3.63, 3.8) is 0 Å². The van der Waals surface area contributed by atoms with Crippen LogP contribution in [0.15, 0.2) is 60.6 Å². The fraction of sp³-hybridized carbons (Fsp3) is 0.118. The van der Waals surface area contributed by atoms with Gasteiger partial charge in [-0.15, -0.1) is 0 Å². The van der Waals surface area contributed by atoms with Gasteiger partial charge in [-0.3, -0.25) is 15.1 Å². The van der Waals surface area contributed by atoms with Gasteiger partial charge >= 0.3 is 17.1 Å². The molecule has 0 unspecified atom stereocenters. The van der Waals surface area contributed by atoms with E-state index in [0.29, 0.717) is 9.79 Å². The molecular formula is C17H12Cl2N4O5S. The summed E-state index contributed by atoms with van der Waals surface area (Å²) in [5, 5.41) is 11.1. The maximum atomic E-state index is 12.5. The van der Waals surface area contributed by atoms with E-state index in [-0.39, 0.29) is 28.0 Å². The summed E-state index contributed by atoms with van der Waals surface area (Å²) in [6, 6.07) is 8.56. The van der Waals surface area contributed by atoms with Crippen molar-refractivity contribution < 1.29 is 4.92 Å². The van der Waals surface area contributed by atoms with Crippen molar-refractivity contribution in [2.45, 2.75) is 23.3 Å². The number of non-ortho nitro benzene ring substituents is 1. The normalized spacial score (nSPS) is 10.9. The first-order valence-corrected chi connectivity index (χ1v) is 9.68. The van der Waals surface area contributed by atoms with Gasteiger partial charge in [0, 0.05) is 28.5 Å². The lowest BCUT2D eigenvalue weighted by molar-refractivity contribution is -0.384. The van der Waals surface area contributed by atoms with Crippen LogP contribution in [0.5, 0.6) is 0 Å². The minimum absolute atomic E-state index is 0.0495. The Morgan fingerprint density at radius 3 is 2.17 bits per heavy atom. The Hall–Kier alpha value is -2.82. The molecule has 2 aromatic carbocycles. The highest BCUT2D eigenvalue weighted by Gasteiger charge is 2.16. The zero-order chi connectivity index (χ0) is 21.3. The molecule has 1 N–H and O–H groups in total. The standard InChI is InChI=1S/C17H12Cl2N4O5S/c1-2-21-15(24)20-16(25)22(17(21)26)10-7-12(18)14(13(19)8-10)29-11-5-3-9(4-6-11)23(27)28/h3-8H,2H2,1H3,(H,20,24,25). The van der Waals surface area contributed by atoms with Crippen LogP contribution in [0.3, 0.4) is 0 Å². The third kappa shape index (κ3) is 4.14. The van der Waals surface area contributed by atoms with E-state index in [1.165, 1.54) is 36.0 Å². The van der Waals surface area contributed by atoms with Crippen LogP contribution < -0.4 is 17.1 Å². The summed E-state index contributed by atoms with van der Waals surface area (Å²) >= 11 is 13.8. The number of hydrogen-bond acceptors (Lipinski definition) is 6. The second-order valence-electron chi connectivity index (χ2n) is 5.69. The van der Waals surface area contributed by atoms with Crippen LogP contribution in [-0.2, 0) is 6.54 Å². The first-order valence-electron chi connectivity index (χ1n) is 8.10. The maximum absolute atomic E-state index is 12.5. The van der Waals surface area contributed by atoms with Gasteiger partial charge in [0.15, 0.2) is 0 Å². The number of aromatic amines is 1. The highest BCUT2D eigenvalue weighted by atomic mass is 35.5. The molecule has 0 spiro atoms. The molecule has 3 aromatic rings. The first-order chi connectivity index (χ1) is 13.7. The van der Waals surface area contributed by atoms with Crippen LogP contribution in [0.4, 0.5) is 5.69 Å². The zero-order valence-corrected chi connectivity index (χ0v) is 17.0. The number of nitrogens with one attached hydrogen (secondary N) is 1. The minimum Gasteiger partial charge on any atom is -0.258 e. The molecule has 0 fully saturated rings. The highest BCUT2D eigenvalue weighted by Crippen LogP contribution is 2.40. The molecule has 29 heavy (non-hydrogen) atoms. The molecule has 0 aliphatic carbocycles. The van der Waals surface area contributed by atoms with E-state index in [9.17, 15) is 24.5 Å². The first kappa shape index (κ1) is 20.9. The number of halogens is 2. The van der Waals surface area contributed by atoms with Gasteiger partial charge in [-0.25, -0.2) is 23.5 Å². The van der Waals surface area contributed by atoms with Crippen molar-refractivity contribution in [2.24, 2.45) is 0 Å². The number of H-pyrrole nitrogens is 1. The molecule has 0 saturated heterocycles. The number of nitro benzene ring substituents is 1. The van der Waals surface area contributed by atoms with Gasteiger partial charge < -0.3 is 0 Å². The Morgan fingerprint density at radius 1 is 1.07 bits per heavy atom. The zero-order valence-electron chi connectivity index (χ0n) is 14.7. The van der Waals surface area contributed by atoms with E-state index in [1.54, 1.807) is 19.1 Å². The second-order valence-corrected chi connectivity index (χ2v) is 7.59. The van der Waals surface area contributed by atoms with Crippen molar-refractivity contribution in [1.82, 2.24) is 14.1 Å². The average molecular weight is 455 g/mol. The predicted molar refractivity (Wildman–Crippen MR) is 110 cm³/mol. The molecule has 0 aliphatic heterocycles. The lowest BCUT2D eigenvalue weighted by Gasteiger charge is -2.12. The van der Waals surface area contributed by atoms with Crippen molar-refractivity contribution >= 4 is 40.7 Å². The van der Waals surface area contributed by atoms with E-state index in [0.717, 1.165) is 9.13 Å². The molecule has 0 amide bonds. The van der Waals surface area contributed by atoms with Gasteiger partial charge in [-0.1, -0.05) is 35.0 Å². The molecule has 0 aliphatic rings. The maximum Gasteiger partial charge on any atom is 0.340 e. The summed E-state index contributed by atoms with van der Waals surface area (Å²) in [5.41, 5.74) is -2.48. The second kappa shape index (κ2) is 8.27. The molecule has 9 nitrogen and oxygen atoms in total. The van der Waals surface area contributed by atoms with Gasteiger partial charge in [0.05, 0.1) is 20.7 Å². The molecule has 0 bridgehead atoms. The van der Waals surface area contributed by atoms with E-state index in [2.05, 4.69) is 4.98 Å². The van der Waals surface area contributed by atoms with E-state index in [4.69, 9.17) is 23.2 Å². The Bertz CT molecular complexity index is 1260. The van der Waals surface area contributed by atoms with Crippen LogP contribution >= 0.6 is 35.0 Å². The van der Waals surface area contributed by atoms with Gasteiger partial charge in [-0.05, 0) is 31.2 Å². The van der Waals surface area contributed by atoms with Crippen LogP contribution in [0, 0.1) is 10.1 Å². The molecule has 0 atom stereocenters. The summed E-state index contributed by atoms with van der Waals surface area (Å²) in [5.74, 6) is 0. The molecule has 12 heteroatoms. The molecule has 1 aromatic heterocycles. The average Bonchev–Trinajstić information content (AvgIpc) is 2.65. The predicted octanol–water partition coefficient (Wildman–Crippen LogP) is 3.07. The summed E-state index contributed by atoms with van der Waals surface area (Å²) in [6.45, 7) is 1.67. The minimum atomic E-state index is -0.910. The van der Waals surface area contributed by atoms with Gasteiger partial charge in [0.25, 0.3) is 5.69 Å². The van der Waals surface area contributed by atoms with Crippen molar-refractivity contribution in [1.29, 1.82) is 0 Å². The van der Waals surface area contributed by atoms with Crippen molar-refractivity contribution in [2.75, 3.05) is 0 Å². The fourth-order valence-corrected chi connectivity index (χ4v) is 4.07. The van der Waals surface area contributed by atoms with E-state index in [1.807, 2.05) is 0 Å². The third-order valence-electron chi connectivity index (χ3n) is 3.91. The largest absolute Gasteiger partial charge is 0.340 e. The summed E-state index contributed by atoms with van der Waals surface area (Å²) < 4.78 is 1.63. The van der Waals surface area contributed by atoms with Crippen molar-refractivity contribution in [3.05, 3.63) is 88.0 Å². The molecule has 150 valence electrons. The van der Waals surface area contributed by atoms with E-state index >= 15 is 0 Å². The quantitative estimate of drug-likeness (QED) is 0.467. The smallest absolute Gasteiger partial charge is 0.258 e. The third-order valence-corrected chi connectivity index (χ3v) is 5.88. The van der Waals surface area contributed by atoms with E-state index < -0.39 is 22.0 Å². The topological polar surface area (TPSA) is 120 Å². The Kier molecular flexibility index (Phi) is 5.96. The number of rotatable bonds is 5. The Balaban J connectivity index is 2.05. The lowest BCUT2D eigenvalue weighted by atomic mass is 10.3. The Morgan fingerprint density at radius 2 is 1.66 bits per heavy atom. The highest BCUT2D eigenvalue weighted by molar-refractivity contribution is 7.99. The summed E-state index contributed by atoms with van der Waals surface area (Å²) in [6.07, 6.45) is 0. The molecule has 0 radical (unpaired) electrons. The summed E-state index contributed by atoms with van der Waals surface area (Å²) in [4.78, 5) is 49.8. The summed E-state index contributed by atoms with van der Waals surface area (Å²) in [7, 11) is 0. The molecule has 0 saturated carbocycles. The number of hydrogen-bond donors (Lipinski definition) is 1. The lowest BCUT2D eigenvalue weighted by Crippen LogP contribution is -2.48.